The number of nitrogens with zero attached hydrogens (tertiary/aromatic N) is 3. The summed E-state index contributed by atoms with van der Waals surface area (Å²) in [5.74, 6) is 0. The average molecular weight is 197 g/mol. The number of aromatic nitrogens is 2. The molecule has 0 fully saturated rings. The number of aliphatic imine (C=N–C) groups is 1. The van der Waals surface area contributed by atoms with Gasteiger partial charge in [0.15, 0.2) is 0 Å². The number of pyridine rings is 2. The maximum Gasteiger partial charge on any atom is 0.0641 e. The fourth-order valence-corrected chi connectivity index (χ4v) is 1.19. The van der Waals surface area contributed by atoms with Gasteiger partial charge in [0.1, 0.15) is 0 Å². The molecule has 0 aromatic carbocycles. The molecule has 2 rings (SSSR count). The summed E-state index contributed by atoms with van der Waals surface area (Å²) >= 11 is 0. The van der Waals surface area contributed by atoms with Crippen LogP contribution in [0.25, 0.3) is 0 Å². The third-order valence-corrected chi connectivity index (χ3v) is 1.97. The van der Waals surface area contributed by atoms with E-state index in [1.165, 1.54) is 0 Å². The highest BCUT2D eigenvalue weighted by molar-refractivity contribution is 5.79. The van der Waals surface area contributed by atoms with Crippen LogP contribution in [0, 0.1) is 0 Å². The van der Waals surface area contributed by atoms with Gasteiger partial charge in [-0.3, -0.25) is 15.0 Å². The van der Waals surface area contributed by atoms with Crippen LogP contribution in [0.1, 0.15) is 11.1 Å². The van der Waals surface area contributed by atoms with E-state index in [4.69, 9.17) is 0 Å². The van der Waals surface area contributed by atoms with Crippen LogP contribution in [-0.4, -0.2) is 16.2 Å². The summed E-state index contributed by atoms with van der Waals surface area (Å²) in [5.41, 5.74) is 2.23. The Morgan fingerprint density at radius 2 is 1.53 bits per heavy atom. The van der Waals surface area contributed by atoms with Crippen LogP contribution in [0.15, 0.2) is 54.0 Å². The lowest BCUT2D eigenvalue weighted by Gasteiger charge is -1.94. The third-order valence-electron chi connectivity index (χ3n) is 1.97. The Hall–Kier alpha value is -2.03. The second-order valence-corrected chi connectivity index (χ2v) is 3.11. The maximum atomic E-state index is 4.33. The molecule has 0 aliphatic heterocycles. The highest BCUT2D eigenvalue weighted by Crippen LogP contribution is 1.99. The topological polar surface area (TPSA) is 38.1 Å². The van der Waals surface area contributed by atoms with Crippen molar-refractivity contribution in [1.82, 2.24) is 9.97 Å². The molecule has 2 aromatic rings. The molecular weight excluding hydrogens is 186 g/mol. The molecule has 0 saturated carbocycles. The number of hydrogen-bond donors (Lipinski definition) is 0. The van der Waals surface area contributed by atoms with Gasteiger partial charge in [0.05, 0.1) is 6.54 Å². The molecule has 2 heterocycles. The van der Waals surface area contributed by atoms with Gasteiger partial charge in [0.25, 0.3) is 0 Å². The summed E-state index contributed by atoms with van der Waals surface area (Å²) in [6, 6.07) is 7.78. The van der Waals surface area contributed by atoms with Gasteiger partial charge in [-0.1, -0.05) is 0 Å². The van der Waals surface area contributed by atoms with Crippen LogP contribution in [-0.2, 0) is 6.54 Å². The van der Waals surface area contributed by atoms with Crippen molar-refractivity contribution in [2.24, 2.45) is 4.99 Å². The SMILES string of the molecule is C(=N\Cc1ccncc1)/c1ccncc1. The Balaban J connectivity index is 1.97. The fourth-order valence-electron chi connectivity index (χ4n) is 1.19. The van der Waals surface area contributed by atoms with Crippen molar-refractivity contribution in [3.63, 3.8) is 0 Å². The highest BCUT2D eigenvalue weighted by Gasteiger charge is 1.87. The van der Waals surface area contributed by atoms with Crippen molar-refractivity contribution < 1.29 is 0 Å². The van der Waals surface area contributed by atoms with Crippen molar-refractivity contribution in [2.75, 3.05) is 0 Å². The first-order valence-electron chi connectivity index (χ1n) is 4.74. The quantitative estimate of drug-likeness (QED) is 0.707. The molecule has 0 unspecified atom stereocenters. The third kappa shape index (κ3) is 2.98. The first-order valence-corrected chi connectivity index (χ1v) is 4.74. The average Bonchev–Trinajstić information content (AvgIpc) is 2.32. The number of hydrogen-bond acceptors (Lipinski definition) is 3. The Bertz CT molecular complexity index is 423. The summed E-state index contributed by atoms with van der Waals surface area (Å²) in [6.07, 6.45) is 8.91. The summed E-state index contributed by atoms with van der Waals surface area (Å²) in [6.45, 7) is 0.685. The molecule has 0 radical (unpaired) electrons. The maximum absolute atomic E-state index is 4.33. The zero-order valence-corrected chi connectivity index (χ0v) is 8.24. The lowest BCUT2D eigenvalue weighted by atomic mass is 10.2. The minimum absolute atomic E-state index is 0.685. The van der Waals surface area contributed by atoms with E-state index in [0.717, 1.165) is 11.1 Å². The zero-order chi connectivity index (χ0) is 10.3. The standard InChI is InChI=1S/C12H11N3/c1-5-13-6-2-11(1)9-15-10-12-3-7-14-8-4-12/h1-9H,10H2/b15-9+. The Morgan fingerprint density at radius 3 is 2.20 bits per heavy atom. The molecule has 0 saturated heterocycles. The molecule has 0 amide bonds. The van der Waals surface area contributed by atoms with Crippen molar-refractivity contribution in [1.29, 1.82) is 0 Å². The van der Waals surface area contributed by atoms with E-state index in [1.54, 1.807) is 24.8 Å². The molecular formula is C12H11N3. The van der Waals surface area contributed by atoms with E-state index in [9.17, 15) is 0 Å². The predicted octanol–water partition coefficient (Wildman–Crippen LogP) is 2.10. The first-order chi connectivity index (χ1) is 7.45. The van der Waals surface area contributed by atoms with Gasteiger partial charge in [0, 0.05) is 31.0 Å². The molecule has 0 bridgehead atoms. The number of rotatable bonds is 3. The molecule has 0 aliphatic carbocycles. The van der Waals surface area contributed by atoms with Crippen molar-refractivity contribution >= 4 is 6.21 Å². The van der Waals surface area contributed by atoms with Crippen LogP contribution >= 0.6 is 0 Å². The fraction of sp³-hybridized carbons (Fsp3) is 0.0833. The van der Waals surface area contributed by atoms with E-state index < -0.39 is 0 Å². The molecule has 3 heteroatoms. The van der Waals surface area contributed by atoms with E-state index in [1.807, 2.05) is 30.5 Å². The monoisotopic (exact) mass is 197 g/mol. The van der Waals surface area contributed by atoms with E-state index >= 15 is 0 Å². The van der Waals surface area contributed by atoms with Crippen LogP contribution in [0.5, 0.6) is 0 Å². The van der Waals surface area contributed by atoms with Crippen molar-refractivity contribution in [3.8, 4) is 0 Å². The second-order valence-electron chi connectivity index (χ2n) is 3.11. The van der Waals surface area contributed by atoms with E-state index in [-0.39, 0.29) is 0 Å². The van der Waals surface area contributed by atoms with E-state index in [2.05, 4.69) is 15.0 Å². The van der Waals surface area contributed by atoms with Crippen LogP contribution < -0.4 is 0 Å². The van der Waals surface area contributed by atoms with Gasteiger partial charge in [0.2, 0.25) is 0 Å². The minimum atomic E-state index is 0.685. The molecule has 15 heavy (non-hydrogen) atoms. The molecule has 0 aliphatic rings. The van der Waals surface area contributed by atoms with Crippen molar-refractivity contribution in [2.45, 2.75) is 6.54 Å². The zero-order valence-electron chi connectivity index (χ0n) is 8.24. The van der Waals surface area contributed by atoms with Crippen LogP contribution in [0.3, 0.4) is 0 Å². The molecule has 0 N–H and O–H groups in total. The van der Waals surface area contributed by atoms with Gasteiger partial charge in [-0.25, -0.2) is 0 Å². The Morgan fingerprint density at radius 1 is 0.933 bits per heavy atom. The summed E-state index contributed by atoms with van der Waals surface area (Å²) < 4.78 is 0. The molecule has 2 aromatic heterocycles. The van der Waals surface area contributed by atoms with Gasteiger partial charge in [-0.2, -0.15) is 0 Å². The summed E-state index contributed by atoms with van der Waals surface area (Å²) in [7, 11) is 0. The van der Waals surface area contributed by atoms with Gasteiger partial charge < -0.3 is 0 Å². The predicted molar refractivity (Wildman–Crippen MR) is 59.8 cm³/mol. The Labute approximate surface area is 88.6 Å². The van der Waals surface area contributed by atoms with Gasteiger partial charge in [-0.05, 0) is 35.4 Å². The largest absolute Gasteiger partial charge is 0.288 e. The highest BCUT2D eigenvalue weighted by atomic mass is 14.7. The summed E-state index contributed by atoms with van der Waals surface area (Å²) in [5, 5.41) is 0. The molecule has 0 spiro atoms. The normalized spacial score (nSPS) is 10.7. The van der Waals surface area contributed by atoms with Crippen molar-refractivity contribution in [3.05, 3.63) is 60.2 Å². The molecule has 0 atom stereocenters. The van der Waals surface area contributed by atoms with Crippen LogP contribution in [0.2, 0.25) is 0 Å². The van der Waals surface area contributed by atoms with Gasteiger partial charge >= 0.3 is 0 Å². The minimum Gasteiger partial charge on any atom is -0.288 e. The molecule has 74 valence electrons. The van der Waals surface area contributed by atoms with Gasteiger partial charge in [-0.15, -0.1) is 0 Å². The molecule has 3 nitrogen and oxygen atoms in total. The van der Waals surface area contributed by atoms with Crippen LogP contribution in [0.4, 0.5) is 0 Å². The van der Waals surface area contributed by atoms with E-state index in [0.29, 0.717) is 6.54 Å². The first kappa shape index (κ1) is 9.52. The second kappa shape index (κ2) is 5.00. The smallest absolute Gasteiger partial charge is 0.0641 e. The summed E-state index contributed by atoms with van der Waals surface area (Å²) in [4.78, 5) is 12.2. The lowest BCUT2D eigenvalue weighted by molar-refractivity contribution is 1.06. The Kier molecular flexibility index (Phi) is 3.18. The lowest BCUT2D eigenvalue weighted by Crippen LogP contribution is -1.84.